The van der Waals surface area contributed by atoms with Crippen LogP contribution in [-0.4, -0.2) is 23.8 Å². The Balaban J connectivity index is 1.82. The topological polar surface area (TPSA) is 39.2 Å². The third kappa shape index (κ3) is 3.73. The molecule has 1 aromatic heterocycles. The van der Waals surface area contributed by atoms with Crippen molar-refractivity contribution >= 4 is 17.7 Å². The zero-order chi connectivity index (χ0) is 12.3. The second-order valence-corrected chi connectivity index (χ2v) is 5.58. The summed E-state index contributed by atoms with van der Waals surface area (Å²) in [5, 5.41) is 1.04. The van der Waals surface area contributed by atoms with Crippen LogP contribution in [0.3, 0.4) is 0 Å². The lowest BCUT2D eigenvalue weighted by Crippen LogP contribution is -2.04. The first-order valence-corrected chi connectivity index (χ1v) is 6.82. The van der Waals surface area contributed by atoms with Crippen LogP contribution in [0, 0.1) is 11.8 Å². The number of carbonyl (C=O) groups excluding carboxylic acids is 1. The molecule has 1 aromatic rings. The molecule has 2 atom stereocenters. The summed E-state index contributed by atoms with van der Waals surface area (Å²) in [7, 11) is 1.40. The molecule has 0 N–H and O–H groups in total. The third-order valence-corrected chi connectivity index (χ3v) is 4.23. The lowest BCUT2D eigenvalue weighted by molar-refractivity contribution is -0.139. The number of nitrogens with zero attached hydrogens (tertiary/aromatic N) is 1. The molecule has 1 fully saturated rings. The van der Waals surface area contributed by atoms with Crippen LogP contribution in [0.2, 0.25) is 0 Å². The van der Waals surface area contributed by atoms with E-state index in [1.54, 1.807) is 18.0 Å². The number of hydrogen-bond acceptors (Lipinski definition) is 4. The van der Waals surface area contributed by atoms with Gasteiger partial charge in [-0.2, -0.15) is 0 Å². The highest BCUT2D eigenvalue weighted by Gasteiger charge is 2.32. The second kappa shape index (κ2) is 5.54. The summed E-state index contributed by atoms with van der Waals surface area (Å²) in [6.45, 7) is 2.29. The Morgan fingerprint density at radius 2 is 2.35 bits per heavy atom. The molecule has 3 nitrogen and oxygen atoms in total. The molecule has 0 aromatic carbocycles. The van der Waals surface area contributed by atoms with E-state index in [1.165, 1.54) is 13.5 Å². The third-order valence-electron chi connectivity index (χ3n) is 3.10. The molecule has 2 unspecified atom stereocenters. The van der Waals surface area contributed by atoms with E-state index in [1.807, 2.05) is 12.1 Å². The monoisotopic (exact) mass is 251 g/mol. The summed E-state index contributed by atoms with van der Waals surface area (Å²) in [6, 6.07) is 3.93. The van der Waals surface area contributed by atoms with E-state index < -0.39 is 0 Å². The minimum atomic E-state index is -0.223. The van der Waals surface area contributed by atoms with Crippen molar-refractivity contribution in [1.29, 1.82) is 0 Å². The van der Waals surface area contributed by atoms with E-state index in [-0.39, 0.29) is 5.97 Å². The number of aromatic nitrogens is 1. The molecule has 92 valence electrons. The zero-order valence-corrected chi connectivity index (χ0v) is 11.0. The predicted molar refractivity (Wildman–Crippen MR) is 68.0 cm³/mol. The number of rotatable bonds is 5. The molecule has 4 heteroatoms. The van der Waals surface area contributed by atoms with Gasteiger partial charge in [0.15, 0.2) is 0 Å². The van der Waals surface area contributed by atoms with Gasteiger partial charge >= 0.3 is 5.97 Å². The van der Waals surface area contributed by atoms with E-state index in [0.717, 1.165) is 28.2 Å². The Morgan fingerprint density at radius 1 is 1.59 bits per heavy atom. The molecule has 2 rings (SSSR count). The smallest absolute Gasteiger partial charge is 0.310 e. The highest BCUT2D eigenvalue weighted by atomic mass is 32.2. The number of pyridine rings is 1. The highest BCUT2D eigenvalue weighted by molar-refractivity contribution is 7.99. The number of esters is 1. The second-order valence-electron chi connectivity index (χ2n) is 4.54. The molecule has 0 spiro atoms. The van der Waals surface area contributed by atoms with Crippen molar-refractivity contribution in [2.24, 2.45) is 11.8 Å². The lowest BCUT2D eigenvalue weighted by atomic mass is 10.2. The van der Waals surface area contributed by atoms with Gasteiger partial charge in [-0.25, -0.2) is 4.98 Å². The fraction of sp³-hybridized carbons (Fsp3) is 0.538. The zero-order valence-electron chi connectivity index (χ0n) is 10.2. The van der Waals surface area contributed by atoms with E-state index in [4.69, 9.17) is 0 Å². The molecule has 1 heterocycles. The molecular weight excluding hydrogens is 234 g/mol. The maximum absolute atomic E-state index is 11.1. The maximum atomic E-state index is 11.1. The van der Waals surface area contributed by atoms with Crippen LogP contribution in [-0.2, 0) is 16.0 Å². The fourth-order valence-corrected chi connectivity index (χ4v) is 2.80. The predicted octanol–water partition coefficient (Wildman–Crippen LogP) is 2.55. The molecule has 0 amide bonds. The minimum absolute atomic E-state index is 0.223. The van der Waals surface area contributed by atoms with Crippen LogP contribution in [0.5, 0.6) is 0 Å². The quantitative estimate of drug-likeness (QED) is 0.595. The van der Waals surface area contributed by atoms with Gasteiger partial charge in [0, 0.05) is 11.9 Å². The maximum Gasteiger partial charge on any atom is 0.310 e. The van der Waals surface area contributed by atoms with Crippen LogP contribution in [0.15, 0.2) is 23.4 Å². The van der Waals surface area contributed by atoms with Crippen molar-refractivity contribution in [3.63, 3.8) is 0 Å². The summed E-state index contributed by atoms with van der Waals surface area (Å²) in [4.78, 5) is 15.4. The van der Waals surface area contributed by atoms with Crippen molar-refractivity contribution in [3.05, 3.63) is 23.9 Å². The average molecular weight is 251 g/mol. The Kier molecular flexibility index (Phi) is 4.05. The standard InChI is InChI=1S/C13H17NO2S/c1-9-5-11(9)8-17-12-4-3-10(7-14-12)6-13(15)16-2/h3-4,7,9,11H,5-6,8H2,1-2H3. The largest absolute Gasteiger partial charge is 0.469 e. The molecule has 0 bridgehead atoms. The number of ether oxygens (including phenoxy) is 1. The van der Waals surface area contributed by atoms with E-state index >= 15 is 0 Å². The van der Waals surface area contributed by atoms with E-state index in [9.17, 15) is 4.79 Å². The van der Waals surface area contributed by atoms with Crippen LogP contribution in [0.25, 0.3) is 0 Å². The Bertz CT molecular complexity index is 391. The van der Waals surface area contributed by atoms with Crippen molar-refractivity contribution in [2.45, 2.75) is 24.8 Å². The van der Waals surface area contributed by atoms with Crippen LogP contribution < -0.4 is 0 Å². The summed E-state index contributed by atoms with van der Waals surface area (Å²) < 4.78 is 4.61. The Labute approximate surface area is 106 Å². The highest BCUT2D eigenvalue weighted by Crippen LogP contribution is 2.41. The Morgan fingerprint density at radius 3 is 2.88 bits per heavy atom. The lowest BCUT2D eigenvalue weighted by Gasteiger charge is -2.02. The molecule has 0 radical (unpaired) electrons. The molecular formula is C13H17NO2S. The number of carbonyl (C=O) groups is 1. The van der Waals surface area contributed by atoms with Gasteiger partial charge in [-0.3, -0.25) is 4.79 Å². The summed E-state index contributed by atoms with van der Waals surface area (Å²) >= 11 is 1.80. The van der Waals surface area contributed by atoms with Gasteiger partial charge in [0.05, 0.1) is 18.6 Å². The molecule has 1 aliphatic rings. The molecule has 17 heavy (non-hydrogen) atoms. The van der Waals surface area contributed by atoms with Gasteiger partial charge in [0.25, 0.3) is 0 Å². The first kappa shape index (κ1) is 12.4. The van der Waals surface area contributed by atoms with Crippen LogP contribution in [0.4, 0.5) is 0 Å². The summed E-state index contributed by atoms with van der Waals surface area (Å²) in [5.41, 5.74) is 0.904. The number of methoxy groups -OCH3 is 1. The fourth-order valence-electron chi connectivity index (χ4n) is 1.66. The Hall–Kier alpha value is -1.03. The number of hydrogen-bond donors (Lipinski definition) is 0. The first-order chi connectivity index (χ1) is 8.19. The SMILES string of the molecule is COC(=O)Cc1ccc(SCC2CC2C)nc1. The number of thioether (sulfide) groups is 1. The van der Waals surface area contributed by atoms with Crippen LogP contribution in [0.1, 0.15) is 18.9 Å². The van der Waals surface area contributed by atoms with Gasteiger partial charge in [0.1, 0.15) is 0 Å². The van der Waals surface area contributed by atoms with Crippen molar-refractivity contribution in [1.82, 2.24) is 4.98 Å². The minimum Gasteiger partial charge on any atom is -0.469 e. The van der Waals surface area contributed by atoms with E-state index in [2.05, 4.69) is 16.6 Å². The van der Waals surface area contributed by atoms with E-state index in [0.29, 0.717) is 6.42 Å². The van der Waals surface area contributed by atoms with Gasteiger partial charge in [0.2, 0.25) is 0 Å². The normalized spacial score (nSPS) is 22.2. The molecule has 0 saturated heterocycles. The van der Waals surface area contributed by atoms with Crippen molar-refractivity contribution in [3.8, 4) is 0 Å². The van der Waals surface area contributed by atoms with Gasteiger partial charge in [-0.1, -0.05) is 13.0 Å². The summed E-state index contributed by atoms with van der Waals surface area (Å²) in [5.74, 6) is 2.70. The van der Waals surface area contributed by atoms with Gasteiger partial charge in [-0.05, 0) is 29.9 Å². The van der Waals surface area contributed by atoms with Gasteiger partial charge in [-0.15, -0.1) is 11.8 Å². The van der Waals surface area contributed by atoms with Crippen molar-refractivity contribution < 1.29 is 9.53 Å². The summed E-state index contributed by atoms with van der Waals surface area (Å²) in [6.07, 6.45) is 3.41. The first-order valence-electron chi connectivity index (χ1n) is 5.83. The van der Waals surface area contributed by atoms with Crippen LogP contribution >= 0.6 is 11.8 Å². The van der Waals surface area contributed by atoms with Gasteiger partial charge < -0.3 is 4.74 Å². The molecule has 1 saturated carbocycles. The average Bonchev–Trinajstić information content (AvgIpc) is 3.04. The molecule has 1 aliphatic carbocycles. The molecule has 0 aliphatic heterocycles. The van der Waals surface area contributed by atoms with Crippen molar-refractivity contribution in [2.75, 3.05) is 12.9 Å².